The summed E-state index contributed by atoms with van der Waals surface area (Å²) in [7, 11) is 0. The fraction of sp³-hybridized carbons (Fsp3) is 0.407. The summed E-state index contributed by atoms with van der Waals surface area (Å²) in [5.74, 6) is 1.64. The number of anilines is 1. The highest BCUT2D eigenvalue weighted by atomic mass is 16.5. The first kappa shape index (κ1) is 20.8. The Hall–Kier alpha value is -3.08. The van der Waals surface area contributed by atoms with Gasteiger partial charge in [-0.25, -0.2) is 0 Å². The maximum Gasteiger partial charge on any atom is 0.232 e. The van der Waals surface area contributed by atoms with Crippen LogP contribution in [0.25, 0.3) is 11.3 Å². The van der Waals surface area contributed by atoms with Gasteiger partial charge in [-0.05, 0) is 43.6 Å². The third kappa shape index (κ3) is 4.87. The molecule has 1 aliphatic heterocycles. The molecule has 2 aromatic carbocycles. The second-order valence-electron chi connectivity index (χ2n) is 9.11. The van der Waals surface area contributed by atoms with Crippen LogP contribution in [0.2, 0.25) is 0 Å². The highest BCUT2D eigenvalue weighted by molar-refractivity contribution is 5.79. The van der Waals surface area contributed by atoms with E-state index in [9.17, 15) is 4.79 Å². The van der Waals surface area contributed by atoms with Crippen molar-refractivity contribution in [1.82, 2.24) is 10.1 Å². The lowest BCUT2D eigenvalue weighted by Crippen LogP contribution is -2.35. The third-order valence-corrected chi connectivity index (χ3v) is 6.53. The van der Waals surface area contributed by atoms with Crippen molar-refractivity contribution in [3.8, 4) is 11.3 Å². The van der Waals surface area contributed by atoms with Gasteiger partial charge in [0, 0.05) is 25.2 Å². The predicted molar refractivity (Wildman–Crippen MR) is 126 cm³/mol. The molecule has 2 heterocycles. The van der Waals surface area contributed by atoms with E-state index in [2.05, 4.69) is 22.2 Å². The molecule has 2 fully saturated rings. The monoisotopic (exact) mass is 429 g/mol. The van der Waals surface area contributed by atoms with Crippen molar-refractivity contribution < 1.29 is 9.32 Å². The van der Waals surface area contributed by atoms with Crippen LogP contribution in [0.3, 0.4) is 0 Å². The van der Waals surface area contributed by atoms with Crippen LogP contribution in [0.4, 0.5) is 5.88 Å². The predicted octanol–water partition coefficient (Wildman–Crippen LogP) is 5.31. The van der Waals surface area contributed by atoms with Gasteiger partial charge in [-0.1, -0.05) is 65.8 Å². The average molecular weight is 430 g/mol. The average Bonchev–Trinajstić information content (AvgIpc) is 3.57. The molecule has 0 N–H and O–H groups in total. The first-order valence-electron chi connectivity index (χ1n) is 11.9. The van der Waals surface area contributed by atoms with Gasteiger partial charge < -0.3 is 14.3 Å². The minimum atomic E-state index is 0.174. The second kappa shape index (κ2) is 9.60. The topological polar surface area (TPSA) is 49.6 Å². The van der Waals surface area contributed by atoms with Gasteiger partial charge in [0.25, 0.3) is 0 Å². The molecule has 166 valence electrons. The van der Waals surface area contributed by atoms with E-state index >= 15 is 0 Å². The number of nitrogens with zero attached hydrogens (tertiary/aromatic N) is 3. The van der Waals surface area contributed by atoms with Crippen LogP contribution in [-0.2, 0) is 17.8 Å². The number of carbonyl (C=O) groups excluding carboxylic acids is 1. The Balaban J connectivity index is 1.46. The summed E-state index contributed by atoms with van der Waals surface area (Å²) < 4.78 is 5.95. The number of aromatic nitrogens is 1. The summed E-state index contributed by atoms with van der Waals surface area (Å²) in [4.78, 5) is 17.8. The van der Waals surface area contributed by atoms with Crippen LogP contribution < -0.4 is 4.90 Å². The molecular weight excluding hydrogens is 398 g/mol. The van der Waals surface area contributed by atoms with Crippen LogP contribution in [-0.4, -0.2) is 35.6 Å². The summed E-state index contributed by atoms with van der Waals surface area (Å²) in [5, 5.41) is 4.50. The third-order valence-electron chi connectivity index (χ3n) is 6.53. The lowest BCUT2D eigenvalue weighted by molar-refractivity contribution is -0.131. The van der Waals surface area contributed by atoms with Crippen LogP contribution in [0, 0.1) is 5.92 Å². The van der Waals surface area contributed by atoms with E-state index in [0.29, 0.717) is 18.9 Å². The lowest BCUT2D eigenvalue weighted by atomic mass is 10.0. The zero-order valence-corrected chi connectivity index (χ0v) is 18.6. The van der Waals surface area contributed by atoms with Crippen molar-refractivity contribution in [2.75, 3.05) is 24.5 Å². The Bertz CT molecular complexity index is 1020. The molecule has 3 aromatic rings. The molecule has 0 atom stereocenters. The molecule has 0 unspecified atom stereocenters. The fourth-order valence-corrected chi connectivity index (χ4v) is 4.55. The largest absolute Gasteiger partial charge is 0.340 e. The first-order chi connectivity index (χ1) is 15.8. The number of hydrogen-bond donors (Lipinski definition) is 0. The molecule has 1 saturated heterocycles. The SMILES string of the molecule is O=C(Cc1ccccc1)N(Cc1c(-c2ccccc2)noc1N1CCCCC1)CC1CC1. The van der Waals surface area contributed by atoms with E-state index in [1.165, 1.54) is 32.1 Å². The van der Waals surface area contributed by atoms with Gasteiger partial charge in [-0.2, -0.15) is 0 Å². The van der Waals surface area contributed by atoms with E-state index in [4.69, 9.17) is 4.52 Å². The van der Waals surface area contributed by atoms with E-state index in [0.717, 1.165) is 47.9 Å². The number of hydrogen-bond acceptors (Lipinski definition) is 4. The Morgan fingerprint density at radius 1 is 0.969 bits per heavy atom. The van der Waals surface area contributed by atoms with E-state index < -0.39 is 0 Å². The molecular formula is C27H31N3O2. The van der Waals surface area contributed by atoms with Gasteiger partial charge in [0.1, 0.15) is 5.69 Å². The van der Waals surface area contributed by atoms with Gasteiger partial charge in [-0.15, -0.1) is 0 Å². The van der Waals surface area contributed by atoms with E-state index in [1.807, 2.05) is 53.4 Å². The van der Waals surface area contributed by atoms with Crippen LogP contribution in [0.15, 0.2) is 65.2 Å². The number of amides is 1. The zero-order chi connectivity index (χ0) is 21.8. The minimum absolute atomic E-state index is 0.174. The summed E-state index contributed by atoms with van der Waals surface area (Å²) in [6.07, 6.45) is 6.44. The highest BCUT2D eigenvalue weighted by Crippen LogP contribution is 2.36. The van der Waals surface area contributed by atoms with Gasteiger partial charge in [-0.3, -0.25) is 4.79 Å². The smallest absolute Gasteiger partial charge is 0.232 e. The summed E-state index contributed by atoms with van der Waals surface area (Å²) in [6.45, 7) is 3.32. The van der Waals surface area contributed by atoms with E-state index in [-0.39, 0.29) is 5.91 Å². The van der Waals surface area contributed by atoms with Crippen molar-refractivity contribution in [3.05, 3.63) is 71.8 Å². The summed E-state index contributed by atoms with van der Waals surface area (Å²) in [6, 6.07) is 20.2. The number of carbonyl (C=O) groups is 1. The second-order valence-corrected chi connectivity index (χ2v) is 9.11. The maximum absolute atomic E-state index is 13.4. The van der Waals surface area contributed by atoms with Crippen molar-refractivity contribution >= 4 is 11.8 Å². The molecule has 1 aromatic heterocycles. The van der Waals surface area contributed by atoms with Crippen molar-refractivity contribution in [3.63, 3.8) is 0 Å². The van der Waals surface area contributed by atoms with Gasteiger partial charge in [0.2, 0.25) is 11.8 Å². The molecule has 0 bridgehead atoms. The molecule has 0 radical (unpaired) electrons. The van der Waals surface area contributed by atoms with Gasteiger partial charge in [0.05, 0.1) is 18.5 Å². The van der Waals surface area contributed by atoms with Crippen LogP contribution >= 0.6 is 0 Å². The number of rotatable bonds is 8. The first-order valence-corrected chi connectivity index (χ1v) is 11.9. The van der Waals surface area contributed by atoms with Crippen LogP contribution in [0.5, 0.6) is 0 Å². The Morgan fingerprint density at radius 2 is 1.66 bits per heavy atom. The molecule has 2 aliphatic rings. The van der Waals surface area contributed by atoms with Crippen molar-refractivity contribution in [2.45, 2.75) is 45.1 Å². The molecule has 1 amide bonds. The highest BCUT2D eigenvalue weighted by Gasteiger charge is 2.31. The van der Waals surface area contributed by atoms with Crippen molar-refractivity contribution in [1.29, 1.82) is 0 Å². The number of piperidine rings is 1. The summed E-state index contributed by atoms with van der Waals surface area (Å²) >= 11 is 0. The molecule has 5 heteroatoms. The molecule has 1 saturated carbocycles. The molecule has 5 rings (SSSR count). The zero-order valence-electron chi connectivity index (χ0n) is 18.6. The Morgan fingerprint density at radius 3 is 2.34 bits per heavy atom. The van der Waals surface area contributed by atoms with Gasteiger partial charge in [0.15, 0.2) is 0 Å². The Kier molecular flexibility index (Phi) is 6.24. The molecule has 0 spiro atoms. The number of benzene rings is 2. The normalized spacial score (nSPS) is 16.2. The van der Waals surface area contributed by atoms with Crippen molar-refractivity contribution in [2.24, 2.45) is 5.92 Å². The quantitative estimate of drug-likeness (QED) is 0.487. The Labute approximate surface area is 190 Å². The van der Waals surface area contributed by atoms with Crippen LogP contribution in [0.1, 0.15) is 43.2 Å². The minimum Gasteiger partial charge on any atom is -0.340 e. The lowest BCUT2D eigenvalue weighted by Gasteiger charge is -2.28. The molecule has 1 aliphatic carbocycles. The summed E-state index contributed by atoms with van der Waals surface area (Å²) in [5.41, 5.74) is 4.00. The standard InChI is InChI=1S/C27H31N3O2/c31-25(18-21-10-4-1-5-11-21)30(19-22-14-15-22)20-24-26(23-12-6-2-7-13-23)28-32-27(24)29-16-8-3-9-17-29/h1-2,4-7,10-13,22H,3,8-9,14-20H2. The van der Waals surface area contributed by atoms with E-state index in [1.54, 1.807) is 0 Å². The fourth-order valence-electron chi connectivity index (χ4n) is 4.55. The maximum atomic E-state index is 13.4. The van der Waals surface area contributed by atoms with Gasteiger partial charge >= 0.3 is 0 Å². The molecule has 5 nitrogen and oxygen atoms in total. The molecule has 32 heavy (non-hydrogen) atoms.